The van der Waals surface area contributed by atoms with Gasteiger partial charge in [0.25, 0.3) is 5.91 Å². The number of aromatic nitrogens is 1. The van der Waals surface area contributed by atoms with Crippen molar-refractivity contribution >= 4 is 17.4 Å². The fourth-order valence-electron chi connectivity index (χ4n) is 2.13. The van der Waals surface area contributed by atoms with E-state index in [1.807, 2.05) is 24.3 Å². The van der Waals surface area contributed by atoms with Gasteiger partial charge in [-0.1, -0.05) is 12.1 Å². The summed E-state index contributed by atoms with van der Waals surface area (Å²) in [5.41, 5.74) is 2.18. The number of nitriles is 1. The topological polar surface area (TPSA) is 91.0 Å². The van der Waals surface area contributed by atoms with E-state index in [1.54, 1.807) is 30.5 Å². The first-order valence-electron chi connectivity index (χ1n) is 7.29. The summed E-state index contributed by atoms with van der Waals surface area (Å²) in [6.07, 6.45) is 3.09. The Morgan fingerprint density at radius 3 is 2.71 bits per heavy atom. The minimum atomic E-state index is -0.293. The molecule has 0 unspecified atom stereocenters. The van der Waals surface area contributed by atoms with Gasteiger partial charge in [0.05, 0.1) is 11.8 Å². The average Bonchev–Trinajstić information content (AvgIpc) is 3.16. The lowest BCUT2D eigenvalue weighted by molar-refractivity contribution is 0.0996. The molecule has 0 fully saturated rings. The zero-order chi connectivity index (χ0) is 16.8. The molecule has 0 saturated carbocycles. The van der Waals surface area contributed by atoms with E-state index in [9.17, 15) is 4.79 Å². The van der Waals surface area contributed by atoms with Crippen LogP contribution in [-0.4, -0.2) is 10.9 Å². The van der Waals surface area contributed by atoms with E-state index in [0.717, 1.165) is 5.56 Å². The van der Waals surface area contributed by atoms with Gasteiger partial charge < -0.3 is 15.1 Å². The second kappa shape index (κ2) is 7.11. The second-order valence-corrected chi connectivity index (χ2v) is 4.99. The molecule has 0 bridgehead atoms. The molecule has 0 aliphatic carbocycles. The molecule has 0 atom stereocenters. The van der Waals surface area contributed by atoms with Crippen LogP contribution in [0.4, 0.5) is 11.5 Å². The third-order valence-corrected chi connectivity index (χ3v) is 3.34. The summed E-state index contributed by atoms with van der Waals surface area (Å²) in [6, 6.07) is 16.2. The number of furan rings is 1. The molecular formula is C18H14N4O2. The summed E-state index contributed by atoms with van der Waals surface area (Å²) in [5.74, 6) is 0.521. The van der Waals surface area contributed by atoms with Crippen molar-refractivity contribution in [3.8, 4) is 6.07 Å². The number of benzene rings is 1. The van der Waals surface area contributed by atoms with Gasteiger partial charge in [0, 0.05) is 18.4 Å². The highest BCUT2D eigenvalue weighted by Crippen LogP contribution is 2.14. The summed E-state index contributed by atoms with van der Waals surface area (Å²) < 4.78 is 5.05. The Bertz CT molecular complexity index is 865. The minimum Gasteiger partial charge on any atom is -0.459 e. The Balaban J connectivity index is 1.61. The average molecular weight is 318 g/mol. The molecule has 0 saturated heterocycles. The van der Waals surface area contributed by atoms with Crippen molar-refractivity contribution in [1.29, 1.82) is 5.26 Å². The summed E-state index contributed by atoms with van der Waals surface area (Å²) in [5, 5.41) is 14.9. The zero-order valence-corrected chi connectivity index (χ0v) is 12.7. The highest BCUT2D eigenvalue weighted by molar-refractivity contribution is 6.02. The second-order valence-electron chi connectivity index (χ2n) is 4.99. The first kappa shape index (κ1) is 15.3. The maximum atomic E-state index is 11.9. The number of carbonyl (C=O) groups is 1. The van der Waals surface area contributed by atoms with Crippen LogP contribution in [-0.2, 0) is 6.54 Å². The first-order valence-corrected chi connectivity index (χ1v) is 7.29. The smallest absolute Gasteiger partial charge is 0.291 e. The molecule has 6 nitrogen and oxygen atoms in total. The summed E-state index contributed by atoms with van der Waals surface area (Å²) in [4.78, 5) is 16.0. The highest BCUT2D eigenvalue weighted by Gasteiger charge is 2.08. The largest absolute Gasteiger partial charge is 0.459 e. The van der Waals surface area contributed by atoms with Crippen molar-refractivity contribution in [3.05, 3.63) is 77.9 Å². The third-order valence-electron chi connectivity index (χ3n) is 3.34. The van der Waals surface area contributed by atoms with Crippen molar-refractivity contribution in [2.75, 3.05) is 10.6 Å². The molecule has 3 rings (SSSR count). The Hall–Kier alpha value is -3.59. The molecule has 1 aromatic carbocycles. The van der Waals surface area contributed by atoms with Crippen LogP contribution >= 0.6 is 0 Å². The van der Waals surface area contributed by atoms with Crippen molar-refractivity contribution in [2.24, 2.45) is 0 Å². The number of rotatable bonds is 5. The molecule has 0 aliphatic heterocycles. The Morgan fingerprint density at radius 1 is 1.17 bits per heavy atom. The molecule has 0 aliphatic rings. The molecule has 3 aromatic rings. The van der Waals surface area contributed by atoms with E-state index >= 15 is 0 Å². The first-order chi connectivity index (χ1) is 11.8. The normalized spacial score (nSPS) is 9.96. The van der Waals surface area contributed by atoms with Crippen molar-refractivity contribution < 1.29 is 9.21 Å². The summed E-state index contributed by atoms with van der Waals surface area (Å²) in [6.45, 7) is 0.526. The fourth-order valence-corrected chi connectivity index (χ4v) is 2.13. The molecule has 1 amide bonds. The molecule has 24 heavy (non-hydrogen) atoms. The number of hydrogen-bond donors (Lipinski definition) is 2. The molecule has 0 radical (unpaired) electrons. The van der Waals surface area contributed by atoms with Crippen LogP contribution in [0.25, 0.3) is 0 Å². The maximum Gasteiger partial charge on any atom is 0.291 e. The van der Waals surface area contributed by atoms with Gasteiger partial charge in [-0.25, -0.2) is 4.98 Å². The molecular weight excluding hydrogens is 304 g/mol. The standard InChI is InChI=1S/C18H14N4O2/c19-11-14-3-1-9-20-17(14)21-12-13-5-7-15(8-6-13)22-18(23)16-4-2-10-24-16/h1-10H,12H2,(H,20,21)(H,22,23). The van der Waals surface area contributed by atoms with Crippen LogP contribution < -0.4 is 10.6 Å². The maximum absolute atomic E-state index is 11.9. The van der Waals surface area contributed by atoms with E-state index < -0.39 is 0 Å². The molecule has 118 valence electrons. The Kier molecular flexibility index (Phi) is 4.54. The van der Waals surface area contributed by atoms with Crippen molar-refractivity contribution in [2.45, 2.75) is 6.54 Å². The lowest BCUT2D eigenvalue weighted by atomic mass is 10.2. The number of hydrogen-bond acceptors (Lipinski definition) is 5. The van der Waals surface area contributed by atoms with Gasteiger partial charge in [-0.15, -0.1) is 0 Å². The predicted octanol–water partition coefficient (Wildman–Crippen LogP) is 3.41. The van der Waals surface area contributed by atoms with E-state index in [-0.39, 0.29) is 11.7 Å². The van der Waals surface area contributed by atoms with Gasteiger partial charge >= 0.3 is 0 Å². The van der Waals surface area contributed by atoms with Gasteiger partial charge in [0.2, 0.25) is 0 Å². The van der Waals surface area contributed by atoms with Gasteiger partial charge in [0.1, 0.15) is 11.9 Å². The number of nitrogens with zero attached hydrogens (tertiary/aromatic N) is 2. The molecule has 2 aromatic heterocycles. The van der Waals surface area contributed by atoms with Crippen LogP contribution in [0.2, 0.25) is 0 Å². The van der Waals surface area contributed by atoms with E-state index in [0.29, 0.717) is 23.6 Å². The Morgan fingerprint density at radius 2 is 2.00 bits per heavy atom. The Labute approximate surface area is 138 Å². The monoisotopic (exact) mass is 318 g/mol. The van der Waals surface area contributed by atoms with Gasteiger partial charge in [0.15, 0.2) is 5.76 Å². The summed E-state index contributed by atoms with van der Waals surface area (Å²) >= 11 is 0. The SMILES string of the molecule is N#Cc1cccnc1NCc1ccc(NC(=O)c2ccco2)cc1. The summed E-state index contributed by atoms with van der Waals surface area (Å²) in [7, 11) is 0. The lowest BCUT2D eigenvalue weighted by Gasteiger charge is -2.08. The van der Waals surface area contributed by atoms with Crippen LogP contribution in [0, 0.1) is 11.3 Å². The number of nitrogens with one attached hydrogen (secondary N) is 2. The van der Waals surface area contributed by atoms with Crippen molar-refractivity contribution in [3.63, 3.8) is 0 Å². The fraction of sp³-hybridized carbons (Fsp3) is 0.0556. The van der Waals surface area contributed by atoms with Gasteiger partial charge in [-0.2, -0.15) is 5.26 Å². The van der Waals surface area contributed by atoms with Crippen LogP contribution in [0.5, 0.6) is 0 Å². The number of pyridine rings is 1. The predicted molar refractivity (Wildman–Crippen MR) is 89.4 cm³/mol. The third kappa shape index (κ3) is 3.59. The van der Waals surface area contributed by atoms with Gasteiger partial charge in [-0.05, 0) is 42.0 Å². The minimum absolute atomic E-state index is 0.264. The quantitative estimate of drug-likeness (QED) is 0.752. The van der Waals surface area contributed by atoms with Crippen molar-refractivity contribution in [1.82, 2.24) is 4.98 Å². The van der Waals surface area contributed by atoms with E-state index in [1.165, 1.54) is 6.26 Å². The van der Waals surface area contributed by atoms with E-state index in [2.05, 4.69) is 21.7 Å². The number of carbonyl (C=O) groups excluding carboxylic acids is 1. The lowest BCUT2D eigenvalue weighted by Crippen LogP contribution is -2.10. The molecule has 2 heterocycles. The number of amides is 1. The molecule has 0 spiro atoms. The van der Waals surface area contributed by atoms with Crippen LogP contribution in [0.1, 0.15) is 21.7 Å². The van der Waals surface area contributed by atoms with Crippen LogP contribution in [0.3, 0.4) is 0 Å². The molecule has 2 N–H and O–H groups in total. The number of anilines is 2. The van der Waals surface area contributed by atoms with Crippen LogP contribution in [0.15, 0.2) is 65.4 Å². The zero-order valence-electron chi connectivity index (χ0n) is 12.7. The van der Waals surface area contributed by atoms with Gasteiger partial charge in [-0.3, -0.25) is 4.79 Å². The molecule has 6 heteroatoms. The van der Waals surface area contributed by atoms with E-state index in [4.69, 9.17) is 9.68 Å². The highest BCUT2D eigenvalue weighted by atomic mass is 16.3.